The summed E-state index contributed by atoms with van der Waals surface area (Å²) in [4.78, 5) is 11.8. The van der Waals surface area contributed by atoms with Crippen molar-refractivity contribution in [2.75, 3.05) is 7.05 Å². The van der Waals surface area contributed by atoms with Crippen molar-refractivity contribution < 1.29 is 13.2 Å². The zero-order chi connectivity index (χ0) is 15.6. The monoisotopic (exact) mass is 297 g/mol. The maximum atomic E-state index is 13.1. The number of nitrogens with one attached hydrogen (secondary N) is 1. The second-order valence-corrected chi connectivity index (χ2v) is 4.55. The van der Waals surface area contributed by atoms with E-state index in [1.807, 2.05) is 0 Å². The Bertz CT molecular complexity index is 707. The van der Waals surface area contributed by atoms with Crippen molar-refractivity contribution in [1.82, 2.24) is 15.1 Å². The van der Waals surface area contributed by atoms with Crippen molar-refractivity contribution in [3.63, 3.8) is 0 Å². The summed E-state index contributed by atoms with van der Waals surface area (Å²) in [6.07, 6.45) is -4.49. The van der Waals surface area contributed by atoms with E-state index in [0.29, 0.717) is 5.69 Å². The number of hydrogen-bond acceptors (Lipinski definition) is 3. The highest BCUT2D eigenvalue weighted by molar-refractivity contribution is 5.43. The summed E-state index contributed by atoms with van der Waals surface area (Å²) in [5, 5.41) is 6.82. The van der Waals surface area contributed by atoms with Crippen LogP contribution in [0.4, 0.5) is 13.2 Å². The Morgan fingerprint density at radius 1 is 1.29 bits per heavy atom. The third-order valence-electron chi connectivity index (χ3n) is 2.96. The Morgan fingerprint density at radius 3 is 2.57 bits per heavy atom. The van der Waals surface area contributed by atoms with E-state index >= 15 is 0 Å². The van der Waals surface area contributed by atoms with Crippen molar-refractivity contribution in [3.05, 3.63) is 57.5 Å². The number of benzene rings is 1. The number of rotatable bonds is 3. The molecule has 0 saturated carbocycles. The van der Waals surface area contributed by atoms with Crippen molar-refractivity contribution in [2.24, 2.45) is 0 Å². The molecule has 0 bridgehead atoms. The van der Waals surface area contributed by atoms with Crippen molar-refractivity contribution in [3.8, 4) is 5.69 Å². The molecule has 0 aliphatic heterocycles. The molecule has 0 amide bonds. The molecule has 0 fully saturated rings. The minimum absolute atomic E-state index is 0.0974. The lowest BCUT2D eigenvalue weighted by molar-refractivity contribution is -0.137. The number of para-hydroxylation sites is 1. The first-order valence-corrected chi connectivity index (χ1v) is 6.25. The fourth-order valence-electron chi connectivity index (χ4n) is 2.01. The topological polar surface area (TPSA) is 46.9 Å². The zero-order valence-corrected chi connectivity index (χ0v) is 11.5. The van der Waals surface area contributed by atoms with Gasteiger partial charge in [0.2, 0.25) is 5.43 Å². The summed E-state index contributed by atoms with van der Waals surface area (Å²) in [5.74, 6) is 0. The lowest BCUT2D eigenvalue weighted by Crippen LogP contribution is -2.24. The number of aromatic nitrogens is 2. The van der Waals surface area contributed by atoms with Crippen molar-refractivity contribution in [2.45, 2.75) is 19.6 Å². The van der Waals surface area contributed by atoms with Crippen molar-refractivity contribution in [1.29, 1.82) is 0 Å². The van der Waals surface area contributed by atoms with E-state index in [-0.39, 0.29) is 23.4 Å². The molecule has 1 aromatic heterocycles. The van der Waals surface area contributed by atoms with Crippen LogP contribution >= 0.6 is 0 Å². The maximum absolute atomic E-state index is 13.1. The molecular formula is C14H14F3N3O. The Balaban J connectivity index is 2.68. The summed E-state index contributed by atoms with van der Waals surface area (Å²) in [6.45, 7) is 1.73. The van der Waals surface area contributed by atoms with Gasteiger partial charge in [0, 0.05) is 18.3 Å². The van der Waals surface area contributed by atoms with Crippen LogP contribution in [0, 0.1) is 6.92 Å². The molecule has 0 spiro atoms. The van der Waals surface area contributed by atoms with Gasteiger partial charge in [-0.3, -0.25) is 4.79 Å². The molecule has 0 aliphatic carbocycles. The predicted molar refractivity (Wildman–Crippen MR) is 72.3 cm³/mol. The van der Waals surface area contributed by atoms with Gasteiger partial charge in [0.05, 0.1) is 11.3 Å². The van der Waals surface area contributed by atoms with E-state index in [2.05, 4.69) is 10.4 Å². The van der Waals surface area contributed by atoms with E-state index in [9.17, 15) is 18.0 Å². The van der Waals surface area contributed by atoms with Gasteiger partial charge >= 0.3 is 6.18 Å². The molecule has 4 nitrogen and oxygen atoms in total. The lowest BCUT2D eigenvalue weighted by Gasteiger charge is -2.16. The first-order valence-electron chi connectivity index (χ1n) is 6.25. The molecule has 0 saturated heterocycles. The average molecular weight is 297 g/mol. The summed E-state index contributed by atoms with van der Waals surface area (Å²) in [5.41, 5.74) is -0.682. The van der Waals surface area contributed by atoms with E-state index in [1.54, 1.807) is 14.0 Å². The summed E-state index contributed by atoms with van der Waals surface area (Å²) < 4.78 is 40.4. The van der Waals surface area contributed by atoms with Gasteiger partial charge in [0.15, 0.2) is 0 Å². The van der Waals surface area contributed by atoms with E-state index in [4.69, 9.17) is 0 Å². The fourth-order valence-corrected chi connectivity index (χ4v) is 2.01. The van der Waals surface area contributed by atoms with Gasteiger partial charge in [0.25, 0.3) is 0 Å². The molecule has 2 aromatic rings. The minimum atomic E-state index is -4.49. The van der Waals surface area contributed by atoms with Gasteiger partial charge < -0.3 is 5.32 Å². The second-order valence-electron chi connectivity index (χ2n) is 4.55. The predicted octanol–water partition coefficient (Wildman–Crippen LogP) is 2.28. The molecule has 0 atom stereocenters. The minimum Gasteiger partial charge on any atom is -0.314 e. The molecule has 1 N–H and O–H groups in total. The van der Waals surface area contributed by atoms with E-state index < -0.39 is 11.7 Å². The van der Waals surface area contributed by atoms with Crippen LogP contribution in [0.3, 0.4) is 0 Å². The van der Waals surface area contributed by atoms with Gasteiger partial charge in [-0.2, -0.15) is 18.3 Å². The van der Waals surface area contributed by atoms with Crippen LogP contribution in [0.5, 0.6) is 0 Å². The summed E-state index contributed by atoms with van der Waals surface area (Å²) in [7, 11) is 1.63. The molecular weight excluding hydrogens is 283 g/mol. The largest absolute Gasteiger partial charge is 0.418 e. The van der Waals surface area contributed by atoms with Crippen LogP contribution in [0.2, 0.25) is 0 Å². The van der Waals surface area contributed by atoms with E-state index in [1.165, 1.54) is 24.3 Å². The maximum Gasteiger partial charge on any atom is 0.418 e. The molecule has 1 aromatic carbocycles. The molecule has 2 rings (SSSR count). The van der Waals surface area contributed by atoms with Crippen LogP contribution in [0.1, 0.15) is 17.0 Å². The van der Waals surface area contributed by atoms with Gasteiger partial charge in [0.1, 0.15) is 5.69 Å². The van der Waals surface area contributed by atoms with Crippen molar-refractivity contribution >= 4 is 0 Å². The third-order valence-corrected chi connectivity index (χ3v) is 2.96. The van der Waals surface area contributed by atoms with Gasteiger partial charge in [-0.05, 0) is 26.1 Å². The molecule has 1 heterocycles. The SMILES string of the molecule is CNCc1nn(-c2ccccc2C(F)(F)F)c(C)cc1=O. The first-order chi connectivity index (χ1) is 9.84. The van der Waals surface area contributed by atoms with Crippen LogP contribution < -0.4 is 10.7 Å². The van der Waals surface area contributed by atoms with E-state index in [0.717, 1.165) is 10.7 Å². The van der Waals surface area contributed by atoms with Crippen LogP contribution in [0.25, 0.3) is 5.69 Å². The summed E-state index contributed by atoms with van der Waals surface area (Å²) in [6, 6.07) is 6.43. The van der Waals surface area contributed by atoms with Crippen LogP contribution in [0.15, 0.2) is 35.1 Å². The lowest BCUT2D eigenvalue weighted by atomic mass is 10.1. The highest BCUT2D eigenvalue weighted by Gasteiger charge is 2.34. The Kier molecular flexibility index (Phi) is 4.13. The summed E-state index contributed by atoms with van der Waals surface area (Å²) >= 11 is 0. The normalized spacial score (nSPS) is 11.7. The standard InChI is InChI=1S/C14H14F3N3O/c1-9-7-13(21)11(8-18-2)19-20(9)12-6-4-3-5-10(12)14(15,16)17/h3-7,18H,8H2,1-2H3. The fraction of sp³-hybridized carbons (Fsp3) is 0.286. The molecule has 112 valence electrons. The van der Waals surface area contributed by atoms with Gasteiger partial charge in [-0.25, -0.2) is 4.68 Å². The quantitative estimate of drug-likeness (QED) is 0.945. The molecule has 7 heteroatoms. The second kappa shape index (κ2) is 5.69. The van der Waals surface area contributed by atoms with Gasteiger partial charge in [-0.15, -0.1) is 0 Å². The smallest absolute Gasteiger partial charge is 0.314 e. The number of aryl methyl sites for hydroxylation is 1. The number of halogens is 3. The third kappa shape index (κ3) is 3.13. The molecule has 0 aliphatic rings. The Labute approximate surface area is 119 Å². The molecule has 0 radical (unpaired) electrons. The molecule has 21 heavy (non-hydrogen) atoms. The molecule has 0 unspecified atom stereocenters. The Morgan fingerprint density at radius 2 is 1.95 bits per heavy atom. The average Bonchev–Trinajstić information content (AvgIpc) is 2.41. The highest BCUT2D eigenvalue weighted by atomic mass is 19.4. The number of nitrogens with zero attached hydrogens (tertiary/aromatic N) is 2. The van der Waals surface area contributed by atoms with Gasteiger partial charge in [-0.1, -0.05) is 12.1 Å². The number of hydrogen-bond donors (Lipinski definition) is 1. The van der Waals surface area contributed by atoms with Crippen LogP contribution in [-0.2, 0) is 12.7 Å². The van der Waals surface area contributed by atoms with Crippen LogP contribution in [-0.4, -0.2) is 16.8 Å². The zero-order valence-electron chi connectivity index (χ0n) is 11.5. The Hall–Kier alpha value is -2.15. The number of alkyl halides is 3. The first kappa shape index (κ1) is 15.2. The highest BCUT2D eigenvalue weighted by Crippen LogP contribution is 2.33.